The fourth-order valence-corrected chi connectivity index (χ4v) is 2.37. The second-order valence-electron chi connectivity index (χ2n) is 3.52. The van der Waals surface area contributed by atoms with Gasteiger partial charge in [-0.1, -0.05) is 0 Å². The summed E-state index contributed by atoms with van der Waals surface area (Å²) in [6.45, 7) is 2.11. The summed E-state index contributed by atoms with van der Waals surface area (Å²) in [6.07, 6.45) is 0. The largest absolute Gasteiger partial charge is 0.478 e. The molecule has 0 amide bonds. The highest BCUT2D eigenvalue weighted by Crippen LogP contribution is 2.31. The summed E-state index contributed by atoms with van der Waals surface area (Å²) in [5.74, 6) is -0.566. The first kappa shape index (κ1) is 14.5. The van der Waals surface area contributed by atoms with Crippen molar-refractivity contribution in [3.8, 4) is 0 Å². The van der Waals surface area contributed by atoms with E-state index in [9.17, 15) is 14.9 Å². The van der Waals surface area contributed by atoms with Crippen LogP contribution in [0.5, 0.6) is 0 Å². The van der Waals surface area contributed by atoms with Gasteiger partial charge in [0.05, 0.1) is 17.1 Å². The number of aromatic carboxylic acids is 1. The van der Waals surface area contributed by atoms with E-state index < -0.39 is 10.9 Å². The number of hydrogen-bond donors (Lipinski definition) is 1. The van der Waals surface area contributed by atoms with Crippen LogP contribution in [0.25, 0.3) is 0 Å². The number of nitro groups is 1. The average molecular weight is 271 g/mol. The van der Waals surface area contributed by atoms with Crippen molar-refractivity contribution in [2.75, 3.05) is 19.5 Å². The second kappa shape index (κ2) is 6.36. The van der Waals surface area contributed by atoms with Crippen molar-refractivity contribution >= 4 is 23.4 Å². The number of carboxylic acids is 1. The zero-order chi connectivity index (χ0) is 13.7. The summed E-state index contributed by atoms with van der Waals surface area (Å²) >= 11 is 1.34. The maximum atomic E-state index is 10.9. The van der Waals surface area contributed by atoms with Crippen LogP contribution < -0.4 is 0 Å². The standard InChI is InChI=1S/C11H13NO5S/c1-7-9(12(15)16)5-8(11(13)14)6-10(7)18-4-3-17-2/h5-6H,3-4H2,1-2H3,(H,13,14). The van der Waals surface area contributed by atoms with E-state index in [1.165, 1.54) is 17.8 Å². The van der Waals surface area contributed by atoms with Gasteiger partial charge in [0.15, 0.2) is 0 Å². The van der Waals surface area contributed by atoms with Crippen LogP contribution in [0.15, 0.2) is 17.0 Å². The number of ether oxygens (including phenoxy) is 1. The van der Waals surface area contributed by atoms with E-state index in [1.807, 2.05) is 0 Å². The van der Waals surface area contributed by atoms with Crippen LogP contribution in [-0.2, 0) is 4.74 Å². The molecule has 0 saturated carbocycles. The van der Waals surface area contributed by atoms with E-state index in [0.29, 0.717) is 22.8 Å². The number of hydrogen-bond acceptors (Lipinski definition) is 5. The molecular formula is C11H13NO5S. The molecule has 0 aromatic heterocycles. The van der Waals surface area contributed by atoms with Gasteiger partial charge in [-0.3, -0.25) is 10.1 Å². The molecule has 18 heavy (non-hydrogen) atoms. The molecule has 7 heteroatoms. The normalized spacial score (nSPS) is 10.3. The Morgan fingerprint density at radius 3 is 2.72 bits per heavy atom. The van der Waals surface area contributed by atoms with E-state index in [2.05, 4.69) is 0 Å². The van der Waals surface area contributed by atoms with Gasteiger partial charge in [0.25, 0.3) is 5.69 Å². The molecule has 6 nitrogen and oxygen atoms in total. The molecule has 0 aliphatic heterocycles. The lowest BCUT2D eigenvalue weighted by Gasteiger charge is -2.07. The highest BCUT2D eigenvalue weighted by atomic mass is 32.2. The predicted molar refractivity (Wildman–Crippen MR) is 67.4 cm³/mol. The van der Waals surface area contributed by atoms with E-state index >= 15 is 0 Å². The SMILES string of the molecule is COCCSc1cc(C(=O)O)cc([N+](=O)[O-])c1C. The number of rotatable bonds is 6. The minimum atomic E-state index is -1.17. The Labute approximate surface area is 108 Å². The lowest BCUT2D eigenvalue weighted by Crippen LogP contribution is -2.02. The molecule has 1 rings (SSSR count). The third-order valence-corrected chi connectivity index (χ3v) is 3.43. The predicted octanol–water partition coefficient (Wildman–Crippen LogP) is 2.34. The molecule has 0 unspecified atom stereocenters. The van der Waals surface area contributed by atoms with Crippen LogP contribution in [0.4, 0.5) is 5.69 Å². The minimum absolute atomic E-state index is 0.0767. The van der Waals surface area contributed by atoms with Gasteiger partial charge in [-0.05, 0) is 13.0 Å². The Hall–Kier alpha value is -1.60. The smallest absolute Gasteiger partial charge is 0.335 e. The minimum Gasteiger partial charge on any atom is -0.478 e. The van der Waals surface area contributed by atoms with Crippen LogP contribution >= 0.6 is 11.8 Å². The summed E-state index contributed by atoms with van der Waals surface area (Å²) in [7, 11) is 1.56. The second-order valence-corrected chi connectivity index (χ2v) is 4.66. The molecule has 1 aromatic rings. The van der Waals surface area contributed by atoms with Gasteiger partial charge >= 0.3 is 5.97 Å². The van der Waals surface area contributed by atoms with E-state index in [4.69, 9.17) is 9.84 Å². The molecule has 98 valence electrons. The Morgan fingerprint density at radius 1 is 1.56 bits per heavy atom. The topological polar surface area (TPSA) is 89.7 Å². The third-order valence-electron chi connectivity index (χ3n) is 2.32. The van der Waals surface area contributed by atoms with Gasteiger partial charge < -0.3 is 9.84 Å². The van der Waals surface area contributed by atoms with Crippen molar-refractivity contribution in [3.63, 3.8) is 0 Å². The molecule has 0 fully saturated rings. The van der Waals surface area contributed by atoms with Crippen molar-refractivity contribution in [3.05, 3.63) is 33.4 Å². The van der Waals surface area contributed by atoms with Crippen LogP contribution in [0.3, 0.4) is 0 Å². The molecule has 0 spiro atoms. The molecular weight excluding hydrogens is 258 g/mol. The summed E-state index contributed by atoms with van der Waals surface area (Å²) in [6, 6.07) is 2.53. The van der Waals surface area contributed by atoms with E-state index in [1.54, 1.807) is 14.0 Å². The first-order valence-corrected chi connectivity index (χ1v) is 6.10. The molecule has 0 saturated heterocycles. The fraction of sp³-hybridized carbons (Fsp3) is 0.364. The molecule has 1 N–H and O–H groups in total. The molecule has 0 heterocycles. The molecule has 0 radical (unpaired) electrons. The third kappa shape index (κ3) is 3.44. The molecule has 0 atom stereocenters. The van der Waals surface area contributed by atoms with Gasteiger partial charge in [0.2, 0.25) is 0 Å². The average Bonchev–Trinajstić information content (AvgIpc) is 2.30. The van der Waals surface area contributed by atoms with Crippen LogP contribution in [0.1, 0.15) is 15.9 Å². The molecule has 0 bridgehead atoms. The highest BCUT2D eigenvalue weighted by Gasteiger charge is 2.19. The van der Waals surface area contributed by atoms with Crippen LogP contribution in [0, 0.1) is 17.0 Å². The van der Waals surface area contributed by atoms with Gasteiger partial charge in [-0.25, -0.2) is 4.79 Å². The summed E-state index contributed by atoms with van der Waals surface area (Å²) in [5, 5.41) is 19.8. The van der Waals surface area contributed by atoms with Gasteiger partial charge in [0, 0.05) is 29.4 Å². The monoisotopic (exact) mass is 271 g/mol. The van der Waals surface area contributed by atoms with Crippen LogP contribution in [0.2, 0.25) is 0 Å². The maximum Gasteiger partial charge on any atom is 0.335 e. The fourth-order valence-electron chi connectivity index (χ4n) is 1.37. The number of thioether (sulfide) groups is 1. The summed E-state index contributed by atoms with van der Waals surface area (Å²) in [4.78, 5) is 21.8. The quantitative estimate of drug-likeness (QED) is 0.369. The first-order chi connectivity index (χ1) is 8.47. The molecule has 1 aromatic carbocycles. The van der Waals surface area contributed by atoms with Crippen LogP contribution in [-0.4, -0.2) is 35.5 Å². The number of nitro benzene ring substituents is 1. The zero-order valence-electron chi connectivity index (χ0n) is 10.0. The van der Waals surface area contributed by atoms with Crippen molar-refractivity contribution in [1.82, 2.24) is 0 Å². The summed E-state index contributed by atoms with van der Waals surface area (Å²) < 4.78 is 4.89. The van der Waals surface area contributed by atoms with Crippen molar-refractivity contribution in [2.24, 2.45) is 0 Å². The van der Waals surface area contributed by atoms with Crippen molar-refractivity contribution in [1.29, 1.82) is 0 Å². The lowest BCUT2D eigenvalue weighted by molar-refractivity contribution is -0.385. The number of methoxy groups -OCH3 is 1. The number of carbonyl (C=O) groups is 1. The van der Waals surface area contributed by atoms with Gasteiger partial charge in [-0.15, -0.1) is 11.8 Å². The molecule has 0 aliphatic rings. The summed E-state index contributed by atoms with van der Waals surface area (Å²) in [5.41, 5.74) is 0.230. The Morgan fingerprint density at radius 2 is 2.22 bits per heavy atom. The zero-order valence-corrected chi connectivity index (χ0v) is 10.8. The van der Waals surface area contributed by atoms with Crippen molar-refractivity contribution in [2.45, 2.75) is 11.8 Å². The Kier molecular flexibility index (Phi) is 5.11. The number of benzene rings is 1. The number of nitrogens with zero attached hydrogens (tertiary/aromatic N) is 1. The highest BCUT2D eigenvalue weighted by molar-refractivity contribution is 7.99. The Bertz CT molecular complexity index is 475. The van der Waals surface area contributed by atoms with E-state index in [0.717, 1.165) is 6.07 Å². The van der Waals surface area contributed by atoms with E-state index in [-0.39, 0.29) is 11.3 Å². The van der Waals surface area contributed by atoms with Crippen molar-refractivity contribution < 1.29 is 19.6 Å². The lowest BCUT2D eigenvalue weighted by atomic mass is 10.1. The Balaban J connectivity index is 3.14. The number of carboxylic acid groups (broad SMARTS) is 1. The maximum absolute atomic E-state index is 10.9. The van der Waals surface area contributed by atoms with Gasteiger partial charge in [0.1, 0.15) is 0 Å². The molecule has 0 aliphatic carbocycles. The van der Waals surface area contributed by atoms with Gasteiger partial charge in [-0.2, -0.15) is 0 Å². The first-order valence-electron chi connectivity index (χ1n) is 5.11.